The third-order valence-electron chi connectivity index (χ3n) is 2.42. The summed E-state index contributed by atoms with van der Waals surface area (Å²) in [5, 5.41) is 14.0. The fourth-order valence-corrected chi connectivity index (χ4v) is 1.47. The highest BCUT2D eigenvalue weighted by atomic mass is 16.3. The van der Waals surface area contributed by atoms with E-state index >= 15 is 0 Å². The first kappa shape index (κ1) is 9.21. The molecule has 0 radical (unpaired) electrons. The van der Waals surface area contributed by atoms with Crippen LogP contribution >= 0.6 is 0 Å². The molecule has 0 aliphatic heterocycles. The molecule has 0 unspecified atom stereocenters. The molecule has 74 valence electrons. The van der Waals surface area contributed by atoms with Crippen LogP contribution in [0.3, 0.4) is 0 Å². The Kier molecular flexibility index (Phi) is 1.86. The summed E-state index contributed by atoms with van der Waals surface area (Å²) in [6.45, 7) is 5.56. The second-order valence-electron chi connectivity index (χ2n) is 4.13. The van der Waals surface area contributed by atoms with Crippen LogP contribution in [0.5, 0.6) is 0 Å². The number of aryl methyl sites for hydroxylation is 1. The maximum atomic E-state index is 9.81. The molecular weight excluding hydrogens is 176 g/mol. The summed E-state index contributed by atoms with van der Waals surface area (Å²) < 4.78 is 1.79. The number of nitrogens with zero attached hydrogens (tertiary/aromatic N) is 2. The molecule has 2 aromatic rings. The summed E-state index contributed by atoms with van der Waals surface area (Å²) in [7, 11) is 0. The number of fused-ring (bicyclic) bond motifs is 1. The monoisotopic (exact) mass is 190 g/mol. The van der Waals surface area contributed by atoms with Crippen LogP contribution in [0, 0.1) is 6.92 Å². The highest BCUT2D eigenvalue weighted by Crippen LogP contribution is 2.20. The minimum absolute atomic E-state index is 0.811. The summed E-state index contributed by atoms with van der Waals surface area (Å²) in [5.41, 5.74) is 2.28. The second kappa shape index (κ2) is 2.82. The molecule has 2 heterocycles. The molecule has 1 N–H and O–H groups in total. The Labute approximate surface area is 83.0 Å². The Balaban J connectivity index is 2.63. The average Bonchev–Trinajstić information content (AvgIpc) is 2.46. The van der Waals surface area contributed by atoms with Crippen molar-refractivity contribution in [1.29, 1.82) is 0 Å². The Bertz CT molecular complexity index is 466. The fourth-order valence-electron chi connectivity index (χ4n) is 1.47. The molecule has 2 rings (SSSR count). The molecule has 0 aliphatic rings. The molecule has 0 fully saturated rings. The molecule has 0 saturated carbocycles. The van der Waals surface area contributed by atoms with Gasteiger partial charge in [-0.05, 0) is 32.4 Å². The van der Waals surface area contributed by atoms with Crippen LogP contribution < -0.4 is 0 Å². The third-order valence-corrected chi connectivity index (χ3v) is 2.42. The van der Waals surface area contributed by atoms with Gasteiger partial charge in [0.1, 0.15) is 0 Å². The molecule has 0 saturated heterocycles. The van der Waals surface area contributed by atoms with Crippen molar-refractivity contribution >= 4 is 5.52 Å². The third kappa shape index (κ3) is 1.40. The van der Waals surface area contributed by atoms with E-state index in [2.05, 4.69) is 5.10 Å². The fraction of sp³-hybridized carbons (Fsp3) is 0.364. The summed E-state index contributed by atoms with van der Waals surface area (Å²) in [5.74, 6) is 0. The van der Waals surface area contributed by atoms with Crippen LogP contribution in [0.15, 0.2) is 24.5 Å². The van der Waals surface area contributed by atoms with Gasteiger partial charge in [-0.3, -0.25) is 0 Å². The lowest BCUT2D eigenvalue weighted by atomic mass is 10.0. The zero-order valence-corrected chi connectivity index (χ0v) is 8.65. The molecule has 2 aromatic heterocycles. The van der Waals surface area contributed by atoms with Gasteiger partial charge in [0, 0.05) is 11.8 Å². The van der Waals surface area contributed by atoms with Crippen molar-refractivity contribution in [2.45, 2.75) is 26.4 Å². The maximum Gasteiger partial charge on any atom is 0.0855 e. The predicted molar refractivity (Wildman–Crippen MR) is 55.2 cm³/mol. The highest BCUT2D eigenvalue weighted by molar-refractivity contribution is 5.53. The molecular formula is C11H14N2O. The summed E-state index contributed by atoms with van der Waals surface area (Å²) >= 11 is 0. The van der Waals surface area contributed by atoms with Crippen molar-refractivity contribution in [2.75, 3.05) is 0 Å². The van der Waals surface area contributed by atoms with Gasteiger partial charge in [-0.15, -0.1) is 0 Å². The van der Waals surface area contributed by atoms with Gasteiger partial charge >= 0.3 is 0 Å². The number of hydrogen-bond acceptors (Lipinski definition) is 2. The zero-order valence-electron chi connectivity index (χ0n) is 8.65. The summed E-state index contributed by atoms with van der Waals surface area (Å²) in [6.07, 6.45) is 3.69. The first-order chi connectivity index (χ1) is 6.48. The quantitative estimate of drug-likeness (QED) is 0.745. The van der Waals surface area contributed by atoms with Crippen molar-refractivity contribution < 1.29 is 5.11 Å². The van der Waals surface area contributed by atoms with Gasteiger partial charge in [0.05, 0.1) is 17.3 Å². The van der Waals surface area contributed by atoms with Gasteiger partial charge in [0.15, 0.2) is 0 Å². The van der Waals surface area contributed by atoms with Crippen molar-refractivity contribution in [2.24, 2.45) is 0 Å². The van der Waals surface area contributed by atoms with Crippen molar-refractivity contribution in [3.05, 3.63) is 35.7 Å². The number of aliphatic hydroxyl groups is 1. The van der Waals surface area contributed by atoms with Crippen LogP contribution in [-0.2, 0) is 5.60 Å². The lowest BCUT2D eigenvalue weighted by Crippen LogP contribution is -2.16. The first-order valence-electron chi connectivity index (χ1n) is 4.65. The van der Waals surface area contributed by atoms with E-state index in [0.29, 0.717) is 0 Å². The number of aromatic nitrogens is 2. The molecule has 3 heteroatoms. The Morgan fingerprint density at radius 2 is 2.07 bits per heavy atom. The predicted octanol–water partition coefficient (Wildman–Crippen LogP) is 1.87. The van der Waals surface area contributed by atoms with Gasteiger partial charge in [-0.2, -0.15) is 5.10 Å². The van der Waals surface area contributed by atoms with E-state index in [0.717, 1.165) is 16.6 Å². The van der Waals surface area contributed by atoms with Crippen LogP contribution in [0.4, 0.5) is 0 Å². The second-order valence-corrected chi connectivity index (χ2v) is 4.13. The minimum Gasteiger partial charge on any atom is -0.386 e. The molecule has 0 bridgehead atoms. The minimum atomic E-state index is -0.811. The standard InChI is InChI=1S/C11H14N2O/c1-8-6-12-13-7-9(11(2,3)14)4-5-10(8)13/h4-7,14H,1-3H3. The number of pyridine rings is 1. The van der Waals surface area contributed by atoms with E-state index in [-0.39, 0.29) is 0 Å². The van der Waals surface area contributed by atoms with Crippen LogP contribution in [0.2, 0.25) is 0 Å². The van der Waals surface area contributed by atoms with Crippen LogP contribution in [-0.4, -0.2) is 14.7 Å². The van der Waals surface area contributed by atoms with Gasteiger partial charge < -0.3 is 5.11 Å². The van der Waals surface area contributed by atoms with E-state index in [4.69, 9.17) is 0 Å². The highest BCUT2D eigenvalue weighted by Gasteiger charge is 2.16. The van der Waals surface area contributed by atoms with E-state index in [1.54, 1.807) is 18.4 Å². The van der Waals surface area contributed by atoms with E-state index in [1.165, 1.54) is 0 Å². The molecule has 0 aliphatic carbocycles. The SMILES string of the molecule is Cc1cnn2cc(C(C)(C)O)ccc12. The Morgan fingerprint density at radius 3 is 2.71 bits per heavy atom. The van der Waals surface area contributed by atoms with Crippen molar-refractivity contribution in [3.63, 3.8) is 0 Å². The molecule has 0 atom stereocenters. The normalized spacial score (nSPS) is 12.3. The first-order valence-corrected chi connectivity index (χ1v) is 4.65. The van der Waals surface area contributed by atoms with Crippen LogP contribution in [0.1, 0.15) is 25.0 Å². The molecule has 0 spiro atoms. The van der Waals surface area contributed by atoms with Gasteiger partial charge in [0.2, 0.25) is 0 Å². The topological polar surface area (TPSA) is 37.5 Å². The zero-order chi connectivity index (χ0) is 10.3. The average molecular weight is 190 g/mol. The largest absolute Gasteiger partial charge is 0.386 e. The number of hydrogen-bond donors (Lipinski definition) is 1. The van der Waals surface area contributed by atoms with Gasteiger partial charge in [-0.1, -0.05) is 6.07 Å². The van der Waals surface area contributed by atoms with E-state index in [1.807, 2.05) is 31.5 Å². The Hall–Kier alpha value is -1.35. The number of rotatable bonds is 1. The van der Waals surface area contributed by atoms with Gasteiger partial charge in [-0.25, -0.2) is 4.52 Å². The lowest BCUT2D eigenvalue weighted by Gasteiger charge is -2.17. The van der Waals surface area contributed by atoms with Crippen molar-refractivity contribution in [3.8, 4) is 0 Å². The van der Waals surface area contributed by atoms with E-state index < -0.39 is 5.60 Å². The molecule has 0 amide bonds. The van der Waals surface area contributed by atoms with E-state index in [9.17, 15) is 5.11 Å². The van der Waals surface area contributed by atoms with Crippen molar-refractivity contribution in [1.82, 2.24) is 9.61 Å². The summed E-state index contributed by atoms with van der Waals surface area (Å²) in [4.78, 5) is 0. The lowest BCUT2D eigenvalue weighted by molar-refractivity contribution is 0.0780. The smallest absolute Gasteiger partial charge is 0.0855 e. The molecule has 14 heavy (non-hydrogen) atoms. The van der Waals surface area contributed by atoms with Gasteiger partial charge in [0.25, 0.3) is 0 Å². The Morgan fingerprint density at radius 1 is 1.36 bits per heavy atom. The van der Waals surface area contributed by atoms with Crippen LogP contribution in [0.25, 0.3) is 5.52 Å². The molecule has 3 nitrogen and oxygen atoms in total. The maximum absolute atomic E-state index is 9.81. The molecule has 0 aromatic carbocycles. The summed E-state index contributed by atoms with van der Waals surface area (Å²) in [6, 6.07) is 3.92.